The molecule has 6 nitrogen and oxygen atoms in total. The maximum Gasteiger partial charge on any atom is 0.292 e. The zero-order chi connectivity index (χ0) is 15.7. The highest BCUT2D eigenvalue weighted by atomic mass is 35.5. The summed E-state index contributed by atoms with van der Waals surface area (Å²) >= 11 is 5.75. The minimum absolute atomic E-state index is 0.0710. The largest absolute Gasteiger partial charge is 0.385 e. The number of alkyl halides is 1. The van der Waals surface area contributed by atoms with Gasteiger partial charge in [-0.2, -0.15) is 0 Å². The Bertz CT molecular complexity index is 457. The van der Waals surface area contributed by atoms with Crippen molar-refractivity contribution in [2.45, 2.75) is 12.3 Å². The molecular weight excluding hydrogens is 296 g/mol. The third kappa shape index (κ3) is 5.49. The summed E-state index contributed by atoms with van der Waals surface area (Å²) in [5.74, 6) is 0.253. The average molecular weight is 317 g/mol. The molecule has 0 saturated carbocycles. The fourth-order valence-electron chi connectivity index (χ4n) is 2.02. The number of ether oxygens (including phenoxy) is 2. The monoisotopic (exact) mass is 316 g/mol. The van der Waals surface area contributed by atoms with Crippen molar-refractivity contribution in [1.82, 2.24) is 0 Å². The predicted octanol–water partition coefficient (Wildman–Crippen LogP) is 2.82. The van der Waals surface area contributed by atoms with Crippen LogP contribution in [0.3, 0.4) is 0 Å². The van der Waals surface area contributed by atoms with Gasteiger partial charge in [-0.05, 0) is 18.1 Å². The fourth-order valence-corrected chi connectivity index (χ4v) is 2.19. The minimum Gasteiger partial charge on any atom is -0.385 e. The number of hydrogen-bond donors (Lipinski definition) is 0. The molecule has 0 spiro atoms. The number of rotatable bonds is 10. The quantitative estimate of drug-likeness (QED) is 0.287. The Morgan fingerprint density at radius 3 is 2.52 bits per heavy atom. The van der Waals surface area contributed by atoms with Crippen LogP contribution in [0.2, 0.25) is 0 Å². The van der Waals surface area contributed by atoms with Crippen LogP contribution in [0.4, 0.5) is 11.4 Å². The second kappa shape index (κ2) is 9.55. The van der Waals surface area contributed by atoms with E-state index < -0.39 is 0 Å². The number of anilines is 1. The van der Waals surface area contributed by atoms with E-state index in [9.17, 15) is 10.1 Å². The van der Waals surface area contributed by atoms with Gasteiger partial charge in [0.1, 0.15) is 5.69 Å². The number of nitro benzene ring substituents is 1. The first kappa shape index (κ1) is 17.7. The van der Waals surface area contributed by atoms with E-state index >= 15 is 0 Å². The van der Waals surface area contributed by atoms with E-state index in [0.717, 1.165) is 12.0 Å². The lowest BCUT2D eigenvalue weighted by Crippen LogP contribution is -2.29. The highest BCUT2D eigenvalue weighted by Crippen LogP contribution is 2.30. The summed E-state index contributed by atoms with van der Waals surface area (Å²) in [4.78, 5) is 12.8. The second-order valence-corrected chi connectivity index (χ2v) is 4.81. The van der Waals surface area contributed by atoms with Crippen molar-refractivity contribution < 1.29 is 14.4 Å². The number of halogens is 1. The van der Waals surface area contributed by atoms with Crippen LogP contribution in [0.15, 0.2) is 18.2 Å². The topological polar surface area (TPSA) is 64.8 Å². The standard InChI is InChI=1S/C14H21ClN2O4/c1-20-8-3-6-16(7-9-21-2)13-5-4-12(11-15)10-14(13)17(18)19/h4-5,10H,3,6-9,11H2,1-2H3. The molecule has 0 fully saturated rings. The number of nitro groups is 1. The Hall–Kier alpha value is -1.37. The first-order valence-corrected chi connectivity index (χ1v) is 7.23. The Kier molecular flexibility index (Phi) is 8.04. The summed E-state index contributed by atoms with van der Waals surface area (Å²) in [5, 5.41) is 11.3. The molecule has 0 heterocycles. The van der Waals surface area contributed by atoms with E-state index in [1.807, 2.05) is 11.0 Å². The Balaban J connectivity index is 3.00. The van der Waals surface area contributed by atoms with Gasteiger partial charge in [0.05, 0.1) is 11.5 Å². The summed E-state index contributed by atoms with van der Waals surface area (Å²) in [6.45, 7) is 2.36. The van der Waals surface area contributed by atoms with Gasteiger partial charge in [0.25, 0.3) is 5.69 Å². The van der Waals surface area contributed by atoms with Crippen LogP contribution >= 0.6 is 11.6 Å². The van der Waals surface area contributed by atoms with Crippen LogP contribution in [0.5, 0.6) is 0 Å². The lowest BCUT2D eigenvalue weighted by molar-refractivity contribution is -0.384. The van der Waals surface area contributed by atoms with E-state index in [1.54, 1.807) is 20.3 Å². The van der Waals surface area contributed by atoms with Gasteiger partial charge in [-0.1, -0.05) is 6.07 Å². The van der Waals surface area contributed by atoms with Gasteiger partial charge in [-0.25, -0.2) is 0 Å². The van der Waals surface area contributed by atoms with E-state index in [-0.39, 0.29) is 16.5 Å². The van der Waals surface area contributed by atoms with Crippen LogP contribution in [-0.4, -0.2) is 45.4 Å². The van der Waals surface area contributed by atoms with Gasteiger partial charge in [-0.15, -0.1) is 11.6 Å². The SMILES string of the molecule is COCCCN(CCOC)c1ccc(CCl)cc1[N+](=O)[O-]. The molecule has 0 N–H and O–H groups in total. The summed E-state index contributed by atoms with van der Waals surface area (Å²) in [7, 11) is 3.25. The minimum atomic E-state index is -0.374. The second-order valence-electron chi connectivity index (χ2n) is 4.54. The lowest BCUT2D eigenvalue weighted by atomic mass is 10.1. The number of hydrogen-bond acceptors (Lipinski definition) is 5. The summed E-state index contributed by atoms with van der Waals surface area (Å²) < 4.78 is 10.1. The lowest BCUT2D eigenvalue weighted by Gasteiger charge is -2.24. The van der Waals surface area contributed by atoms with Crippen LogP contribution in [0, 0.1) is 10.1 Å². The Labute approximate surface area is 129 Å². The van der Waals surface area contributed by atoms with Crippen molar-refractivity contribution in [3.63, 3.8) is 0 Å². The molecule has 0 amide bonds. The molecular formula is C14H21ClN2O4. The maximum atomic E-state index is 11.3. The number of methoxy groups -OCH3 is 2. The molecule has 21 heavy (non-hydrogen) atoms. The van der Waals surface area contributed by atoms with Crippen LogP contribution < -0.4 is 4.90 Å². The highest BCUT2D eigenvalue weighted by molar-refractivity contribution is 6.17. The summed E-state index contributed by atoms with van der Waals surface area (Å²) in [5.41, 5.74) is 1.39. The van der Waals surface area contributed by atoms with Crippen LogP contribution in [0.1, 0.15) is 12.0 Å². The number of benzene rings is 1. The maximum absolute atomic E-state index is 11.3. The molecule has 1 aromatic rings. The van der Waals surface area contributed by atoms with E-state index in [2.05, 4.69) is 0 Å². The molecule has 0 atom stereocenters. The van der Waals surface area contributed by atoms with E-state index in [0.29, 0.717) is 32.0 Å². The molecule has 0 aliphatic rings. The molecule has 0 bridgehead atoms. The van der Waals surface area contributed by atoms with Crippen molar-refractivity contribution in [3.8, 4) is 0 Å². The number of nitrogens with zero attached hydrogens (tertiary/aromatic N) is 2. The Morgan fingerprint density at radius 2 is 1.95 bits per heavy atom. The van der Waals surface area contributed by atoms with Gasteiger partial charge in [0, 0.05) is 45.9 Å². The Morgan fingerprint density at radius 1 is 1.24 bits per heavy atom. The van der Waals surface area contributed by atoms with Crippen LogP contribution in [0.25, 0.3) is 0 Å². The van der Waals surface area contributed by atoms with Crippen LogP contribution in [-0.2, 0) is 15.4 Å². The molecule has 0 radical (unpaired) electrons. The van der Waals surface area contributed by atoms with Crippen molar-refractivity contribution in [1.29, 1.82) is 0 Å². The molecule has 118 valence electrons. The molecule has 0 aromatic heterocycles. The molecule has 0 aliphatic heterocycles. The molecule has 1 aromatic carbocycles. The van der Waals surface area contributed by atoms with Gasteiger partial charge in [0.2, 0.25) is 0 Å². The van der Waals surface area contributed by atoms with Crippen molar-refractivity contribution in [2.75, 3.05) is 45.4 Å². The first-order chi connectivity index (χ1) is 10.1. The third-order valence-corrected chi connectivity index (χ3v) is 3.38. The third-order valence-electron chi connectivity index (χ3n) is 3.07. The smallest absolute Gasteiger partial charge is 0.292 e. The fraction of sp³-hybridized carbons (Fsp3) is 0.571. The molecule has 0 unspecified atom stereocenters. The summed E-state index contributed by atoms with van der Waals surface area (Å²) in [6.07, 6.45) is 0.786. The van der Waals surface area contributed by atoms with E-state index in [1.165, 1.54) is 6.07 Å². The molecule has 0 aliphatic carbocycles. The van der Waals surface area contributed by atoms with Gasteiger partial charge in [0.15, 0.2) is 0 Å². The summed E-state index contributed by atoms with van der Waals surface area (Å²) in [6, 6.07) is 5.09. The zero-order valence-electron chi connectivity index (χ0n) is 12.4. The van der Waals surface area contributed by atoms with Crippen molar-refractivity contribution in [3.05, 3.63) is 33.9 Å². The average Bonchev–Trinajstić information content (AvgIpc) is 2.50. The highest BCUT2D eigenvalue weighted by Gasteiger charge is 2.19. The normalized spacial score (nSPS) is 10.6. The van der Waals surface area contributed by atoms with E-state index in [4.69, 9.17) is 21.1 Å². The first-order valence-electron chi connectivity index (χ1n) is 6.70. The van der Waals surface area contributed by atoms with Gasteiger partial charge >= 0.3 is 0 Å². The predicted molar refractivity (Wildman–Crippen MR) is 83.2 cm³/mol. The zero-order valence-corrected chi connectivity index (χ0v) is 13.1. The van der Waals surface area contributed by atoms with Gasteiger partial charge in [-0.3, -0.25) is 10.1 Å². The molecule has 1 rings (SSSR count). The molecule has 0 saturated heterocycles. The van der Waals surface area contributed by atoms with Crippen molar-refractivity contribution in [2.24, 2.45) is 0 Å². The van der Waals surface area contributed by atoms with Crippen molar-refractivity contribution >= 4 is 23.0 Å². The molecule has 7 heteroatoms. The van der Waals surface area contributed by atoms with Gasteiger partial charge < -0.3 is 14.4 Å².